The maximum atomic E-state index is 12.5. The van der Waals surface area contributed by atoms with Crippen LogP contribution in [0.1, 0.15) is 95.9 Å². The largest absolute Gasteiger partial charge is 0.343 e. The third-order valence-electron chi connectivity index (χ3n) is 10.0. The molecule has 3 unspecified atom stereocenters. The molecule has 57 heavy (non-hydrogen) atoms. The topological polar surface area (TPSA) is 165 Å². The van der Waals surface area contributed by atoms with Gasteiger partial charge in [-0.2, -0.15) is 0 Å². The summed E-state index contributed by atoms with van der Waals surface area (Å²) in [6.07, 6.45) is 2.98. The highest BCUT2D eigenvalue weighted by atomic mass is 32.1. The van der Waals surface area contributed by atoms with Crippen molar-refractivity contribution < 1.29 is 33.6 Å². The van der Waals surface area contributed by atoms with Crippen molar-refractivity contribution in [2.24, 2.45) is 0 Å². The number of piperidine rings is 3. The SMILES string of the molecule is O=C1CCC(N2C(=O)c3ccccc3C2=O)C(=O)N1.O=C1c2ccccc2C(=O)N1C1CCC(=S)NC1=S.O=C1c2ccccc2C(=S)N1C1CCC(=S)NC1=S. The first-order valence-corrected chi connectivity index (χ1v) is 19.7. The van der Waals surface area contributed by atoms with Gasteiger partial charge in [0.25, 0.3) is 29.5 Å². The maximum Gasteiger partial charge on any atom is 0.262 e. The molecule has 0 aliphatic carbocycles. The van der Waals surface area contributed by atoms with Crippen molar-refractivity contribution in [2.45, 2.75) is 56.7 Å². The van der Waals surface area contributed by atoms with Crippen LogP contribution in [0.3, 0.4) is 0 Å². The fourth-order valence-electron chi connectivity index (χ4n) is 7.26. The van der Waals surface area contributed by atoms with E-state index < -0.39 is 29.8 Å². The number of carbonyl (C=O) groups is 7. The van der Waals surface area contributed by atoms with E-state index in [1.54, 1.807) is 59.5 Å². The van der Waals surface area contributed by atoms with Crippen molar-refractivity contribution in [1.82, 2.24) is 30.7 Å². The van der Waals surface area contributed by atoms with Crippen LogP contribution in [0.15, 0.2) is 72.8 Å². The molecule has 6 aliphatic rings. The summed E-state index contributed by atoms with van der Waals surface area (Å²) in [6.45, 7) is 0. The van der Waals surface area contributed by atoms with Gasteiger partial charge in [0.1, 0.15) is 21.0 Å². The standard InChI is InChI=1S/C13H10N2O4.C13H10N2O2S2.C13H10N2OS3/c16-10-6-5-9(11(17)14-10)15-12(18)7-3-1-2-4-8(7)13(15)19;16-12-7-3-1-2-4-8(7)13(17)15(12)9-5-6-10(18)14-11(9)19;16-12-7-3-1-2-4-8(7)13(19)15(12)9-5-6-10(17)14-11(9)18/h1-4,9H,5-6H2,(H,14,16,17);1-4,9H,5-6H2,(H,14,18,19);1-4,9H,5-6H2,(H,14,17,18). The molecule has 6 aliphatic heterocycles. The van der Waals surface area contributed by atoms with Gasteiger partial charge in [-0.3, -0.25) is 53.6 Å². The Labute approximate surface area is 352 Å². The molecule has 18 heteroatoms. The smallest absolute Gasteiger partial charge is 0.262 e. The Balaban J connectivity index is 0.000000131. The van der Waals surface area contributed by atoms with Crippen LogP contribution < -0.4 is 16.0 Å². The zero-order valence-electron chi connectivity index (χ0n) is 29.6. The van der Waals surface area contributed by atoms with E-state index in [2.05, 4.69) is 16.0 Å². The molecule has 7 amide bonds. The van der Waals surface area contributed by atoms with Gasteiger partial charge < -0.3 is 10.6 Å². The molecule has 3 aromatic carbocycles. The third-order valence-corrected chi connectivity index (χ3v) is 11.8. The van der Waals surface area contributed by atoms with E-state index in [0.29, 0.717) is 60.6 Å². The Kier molecular flexibility index (Phi) is 11.3. The van der Waals surface area contributed by atoms with E-state index in [1.165, 1.54) is 4.90 Å². The number of carbonyl (C=O) groups excluding carboxylic acids is 7. The Morgan fingerprint density at radius 2 is 0.754 bits per heavy atom. The first-order valence-electron chi connectivity index (χ1n) is 17.7. The Bertz CT molecular complexity index is 2040. The predicted octanol–water partition coefficient (Wildman–Crippen LogP) is 4.00. The van der Waals surface area contributed by atoms with Gasteiger partial charge in [0.05, 0.1) is 49.9 Å². The number of hydrogen-bond donors (Lipinski definition) is 3. The summed E-state index contributed by atoms with van der Waals surface area (Å²) in [6, 6.07) is 19.2. The minimum Gasteiger partial charge on any atom is -0.343 e. The highest BCUT2D eigenvalue weighted by Crippen LogP contribution is 2.30. The number of imide groups is 3. The molecule has 3 aromatic rings. The molecule has 3 N–H and O–H groups in total. The van der Waals surface area contributed by atoms with Crippen LogP contribution in [-0.2, 0) is 9.59 Å². The van der Waals surface area contributed by atoms with Gasteiger partial charge in [0.2, 0.25) is 11.8 Å². The molecule has 3 fully saturated rings. The Morgan fingerprint density at radius 3 is 1.14 bits per heavy atom. The van der Waals surface area contributed by atoms with Gasteiger partial charge in [0.15, 0.2) is 0 Å². The fraction of sp³-hybridized carbons (Fsp3) is 0.231. The van der Waals surface area contributed by atoms with Crippen molar-refractivity contribution in [3.8, 4) is 0 Å². The van der Waals surface area contributed by atoms with Crippen molar-refractivity contribution in [1.29, 1.82) is 0 Å². The van der Waals surface area contributed by atoms with Crippen LogP contribution in [0.5, 0.6) is 0 Å². The molecule has 13 nitrogen and oxygen atoms in total. The van der Waals surface area contributed by atoms with E-state index in [0.717, 1.165) is 28.3 Å². The minimum absolute atomic E-state index is 0.0671. The molecule has 288 valence electrons. The quantitative estimate of drug-likeness (QED) is 0.256. The number of hydrogen-bond acceptors (Lipinski definition) is 12. The number of fused-ring (bicyclic) bond motifs is 3. The zero-order valence-corrected chi connectivity index (χ0v) is 33.7. The predicted molar refractivity (Wildman–Crippen MR) is 227 cm³/mol. The minimum atomic E-state index is -0.898. The molecule has 0 aromatic heterocycles. The average molecular weight is 855 g/mol. The number of nitrogens with zero attached hydrogens (tertiary/aromatic N) is 3. The van der Waals surface area contributed by atoms with Crippen LogP contribution in [-0.4, -0.2) is 99.1 Å². The van der Waals surface area contributed by atoms with Gasteiger partial charge in [-0.25, -0.2) is 0 Å². The van der Waals surface area contributed by atoms with Crippen LogP contribution in [0.4, 0.5) is 0 Å². The third kappa shape index (κ3) is 7.46. The van der Waals surface area contributed by atoms with Gasteiger partial charge >= 0.3 is 0 Å². The normalized spacial score (nSPS) is 22.5. The van der Waals surface area contributed by atoms with Crippen molar-refractivity contribution in [3.63, 3.8) is 0 Å². The molecule has 9 rings (SSSR count). The molecule has 0 saturated carbocycles. The lowest BCUT2D eigenvalue weighted by molar-refractivity contribution is -0.136. The number of benzene rings is 3. The van der Waals surface area contributed by atoms with Gasteiger partial charge in [-0.15, -0.1) is 0 Å². The van der Waals surface area contributed by atoms with Gasteiger partial charge in [-0.1, -0.05) is 104 Å². The van der Waals surface area contributed by atoms with E-state index in [-0.39, 0.29) is 42.5 Å². The second-order valence-corrected chi connectivity index (χ2v) is 15.7. The average Bonchev–Trinajstić information content (AvgIpc) is 3.71. The Hall–Kier alpha value is -5.40. The summed E-state index contributed by atoms with van der Waals surface area (Å²) < 4.78 is 0. The van der Waals surface area contributed by atoms with Crippen LogP contribution in [0.25, 0.3) is 0 Å². The summed E-state index contributed by atoms with van der Waals surface area (Å²) in [5.74, 6) is -2.54. The lowest BCUT2D eigenvalue weighted by Gasteiger charge is -2.32. The second kappa shape index (κ2) is 16.2. The summed E-state index contributed by atoms with van der Waals surface area (Å²) >= 11 is 26.1. The molecule has 3 saturated heterocycles. The maximum absolute atomic E-state index is 12.5. The van der Waals surface area contributed by atoms with Crippen molar-refractivity contribution in [2.75, 3.05) is 0 Å². The van der Waals surface area contributed by atoms with Crippen molar-refractivity contribution in [3.05, 3.63) is 106 Å². The van der Waals surface area contributed by atoms with Crippen molar-refractivity contribution >= 4 is 127 Å². The van der Waals surface area contributed by atoms with Crippen LogP contribution in [0, 0.1) is 0 Å². The first-order chi connectivity index (χ1) is 27.3. The molecule has 0 spiro atoms. The first kappa shape index (κ1) is 39.8. The number of thiocarbonyl (C=S) groups is 5. The molecule has 0 bridgehead atoms. The van der Waals surface area contributed by atoms with E-state index >= 15 is 0 Å². The van der Waals surface area contributed by atoms with E-state index in [1.807, 2.05) is 18.2 Å². The summed E-state index contributed by atoms with van der Waals surface area (Å²) in [4.78, 5) is 91.1. The van der Waals surface area contributed by atoms with Gasteiger partial charge in [0, 0.05) is 24.8 Å². The molecule has 3 atom stereocenters. The van der Waals surface area contributed by atoms with Crippen LogP contribution >= 0.6 is 61.1 Å². The van der Waals surface area contributed by atoms with Gasteiger partial charge in [-0.05, 0) is 49.6 Å². The fourth-order valence-corrected chi connectivity index (χ4v) is 8.92. The number of rotatable bonds is 3. The van der Waals surface area contributed by atoms with E-state index in [9.17, 15) is 33.6 Å². The molecular formula is C39H30N6O7S5. The number of amides is 7. The summed E-state index contributed by atoms with van der Waals surface area (Å²) in [5, 5.41) is 8.02. The highest BCUT2D eigenvalue weighted by molar-refractivity contribution is 7.82. The van der Waals surface area contributed by atoms with E-state index in [4.69, 9.17) is 61.1 Å². The van der Waals surface area contributed by atoms with Crippen LogP contribution in [0.2, 0.25) is 0 Å². The second-order valence-electron chi connectivity index (χ2n) is 13.5. The lowest BCUT2D eigenvalue weighted by atomic mass is 10.0. The molecule has 6 heterocycles. The summed E-state index contributed by atoms with van der Waals surface area (Å²) in [7, 11) is 0. The highest BCUT2D eigenvalue weighted by Gasteiger charge is 2.45. The Morgan fingerprint density at radius 1 is 0.421 bits per heavy atom. The molecule has 0 radical (unpaired) electrons. The summed E-state index contributed by atoms with van der Waals surface area (Å²) in [5.41, 5.74) is 2.98. The lowest BCUT2D eigenvalue weighted by Crippen LogP contribution is -2.54. The molecular weight excluding hydrogens is 825 g/mol. The monoisotopic (exact) mass is 854 g/mol. The zero-order chi connectivity index (χ0) is 40.7. The number of nitrogens with one attached hydrogen (secondary N) is 3.